The van der Waals surface area contributed by atoms with Crippen LogP contribution in [0, 0.1) is 0 Å². The molecule has 1 aliphatic heterocycles. The predicted octanol–water partition coefficient (Wildman–Crippen LogP) is 2.43. The molecular formula is C19H16N4O3. The van der Waals surface area contributed by atoms with Gasteiger partial charge in [-0.2, -0.15) is 5.10 Å². The van der Waals surface area contributed by atoms with Crippen LogP contribution in [0.3, 0.4) is 0 Å². The fourth-order valence-corrected chi connectivity index (χ4v) is 2.84. The number of nitrogens with zero attached hydrogens (tertiary/aromatic N) is 3. The van der Waals surface area contributed by atoms with Crippen molar-refractivity contribution in [3.8, 4) is 5.75 Å². The summed E-state index contributed by atoms with van der Waals surface area (Å²) in [6.45, 7) is 0.589. The van der Waals surface area contributed by atoms with E-state index >= 15 is 0 Å². The smallest absolute Gasteiger partial charge is 0.343 e. The lowest BCUT2D eigenvalue weighted by molar-refractivity contribution is -0.116. The summed E-state index contributed by atoms with van der Waals surface area (Å²) in [7, 11) is 0. The van der Waals surface area contributed by atoms with Gasteiger partial charge in [-0.15, -0.1) is 0 Å². The van der Waals surface area contributed by atoms with E-state index in [1.54, 1.807) is 41.3 Å². The Bertz CT molecular complexity index is 949. The van der Waals surface area contributed by atoms with Gasteiger partial charge in [-0.05, 0) is 47.9 Å². The molecule has 0 atom stereocenters. The van der Waals surface area contributed by atoms with Crippen molar-refractivity contribution in [2.45, 2.75) is 19.4 Å². The molecule has 0 spiro atoms. The number of carbonyl (C=O) groups is 2. The highest BCUT2D eigenvalue weighted by molar-refractivity contribution is 5.94. The fourth-order valence-electron chi connectivity index (χ4n) is 2.84. The maximum absolute atomic E-state index is 12.3. The Morgan fingerprint density at radius 3 is 2.77 bits per heavy atom. The molecule has 3 aromatic rings. The standard InChI is InChI=1S/C19H16N4O3/c24-18-8-5-15-9-16(6-7-17(15)22-18)26-19(25)14-3-1-13(2-4-14)10-23-12-20-11-21-23/h1-4,6-7,9,11-12H,5,8,10H2,(H,22,24). The molecule has 2 aromatic carbocycles. The quantitative estimate of drug-likeness (QED) is 0.578. The molecule has 26 heavy (non-hydrogen) atoms. The highest BCUT2D eigenvalue weighted by atomic mass is 16.5. The molecule has 0 unspecified atom stereocenters. The Labute approximate surface area is 149 Å². The predicted molar refractivity (Wildman–Crippen MR) is 93.9 cm³/mol. The summed E-state index contributed by atoms with van der Waals surface area (Å²) in [5.74, 6) is 0.0573. The number of fused-ring (bicyclic) bond motifs is 1. The number of amides is 1. The molecule has 0 radical (unpaired) electrons. The first-order valence-electron chi connectivity index (χ1n) is 8.24. The molecular weight excluding hydrogens is 332 g/mol. The molecule has 0 bridgehead atoms. The minimum atomic E-state index is -0.419. The van der Waals surface area contributed by atoms with Gasteiger partial charge < -0.3 is 10.1 Å². The van der Waals surface area contributed by atoms with Gasteiger partial charge >= 0.3 is 5.97 Å². The second-order valence-corrected chi connectivity index (χ2v) is 6.05. The second-order valence-electron chi connectivity index (χ2n) is 6.05. The Morgan fingerprint density at radius 1 is 1.15 bits per heavy atom. The lowest BCUT2D eigenvalue weighted by Crippen LogP contribution is -2.19. The number of nitrogens with one attached hydrogen (secondary N) is 1. The van der Waals surface area contributed by atoms with Crippen molar-refractivity contribution in [3.63, 3.8) is 0 Å². The maximum atomic E-state index is 12.3. The molecule has 0 fully saturated rings. The number of anilines is 1. The first-order chi connectivity index (χ1) is 12.7. The SMILES string of the molecule is O=C1CCc2cc(OC(=O)c3ccc(Cn4cncn4)cc3)ccc2N1. The number of benzene rings is 2. The van der Waals surface area contributed by atoms with Crippen LogP contribution in [0.2, 0.25) is 0 Å². The van der Waals surface area contributed by atoms with Gasteiger partial charge in [0.2, 0.25) is 5.91 Å². The average molecular weight is 348 g/mol. The van der Waals surface area contributed by atoms with Crippen molar-refractivity contribution in [1.29, 1.82) is 0 Å². The molecule has 1 aromatic heterocycles. The lowest BCUT2D eigenvalue weighted by Gasteiger charge is -2.17. The molecule has 7 nitrogen and oxygen atoms in total. The Kier molecular flexibility index (Phi) is 4.18. The monoisotopic (exact) mass is 348 g/mol. The summed E-state index contributed by atoms with van der Waals surface area (Å²) in [5.41, 5.74) is 3.23. The minimum absolute atomic E-state index is 0.00762. The number of esters is 1. The number of rotatable bonds is 4. The summed E-state index contributed by atoms with van der Waals surface area (Å²) in [4.78, 5) is 27.6. The van der Waals surface area contributed by atoms with Crippen LogP contribution in [0.5, 0.6) is 5.75 Å². The largest absolute Gasteiger partial charge is 0.423 e. The van der Waals surface area contributed by atoms with Crippen molar-refractivity contribution < 1.29 is 14.3 Å². The van der Waals surface area contributed by atoms with E-state index in [2.05, 4.69) is 15.4 Å². The molecule has 0 saturated heterocycles. The number of ether oxygens (including phenoxy) is 1. The van der Waals surface area contributed by atoms with E-state index in [4.69, 9.17) is 4.74 Å². The van der Waals surface area contributed by atoms with Crippen LogP contribution >= 0.6 is 0 Å². The number of aryl methyl sites for hydroxylation is 1. The summed E-state index contributed by atoms with van der Waals surface area (Å²) in [6, 6.07) is 12.4. The lowest BCUT2D eigenvalue weighted by atomic mass is 10.0. The number of carbonyl (C=O) groups excluding carboxylic acids is 2. The Balaban J connectivity index is 1.44. The van der Waals surface area contributed by atoms with Gasteiger partial charge in [0.15, 0.2) is 0 Å². The molecule has 1 N–H and O–H groups in total. The molecule has 1 amide bonds. The zero-order valence-electron chi connectivity index (χ0n) is 13.9. The third-order valence-corrected chi connectivity index (χ3v) is 4.18. The van der Waals surface area contributed by atoms with Crippen molar-refractivity contribution in [2.24, 2.45) is 0 Å². The second kappa shape index (κ2) is 6.79. The molecule has 1 aliphatic rings. The van der Waals surface area contributed by atoms with Gasteiger partial charge in [-0.1, -0.05) is 12.1 Å². The van der Waals surface area contributed by atoms with Crippen LogP contribution in [-0.4, -0.2) is 26.6 Å². The van der Waals surface area contributed by atoms with Gasteiger partial charge in [0, 0.05) is 12.1 Å². The van der Waals surface area contributed by atoms with Gasteiger partial charge in [-0.25, -0.2) is 14.5 Å². The van der Waals surface area contributed by atoms with E-state index in [1.807, 2.05) is 12.1 Å². The molecule has 2 heterocycles. The van der Waals surface area contributed by atoms with E-state index in [-0.39, 0.29) is 5.91 Å². The zero-order chi connectivity index (χ0) is 17.9. The van der Waals surface area contributed by atoms with E-state index in [1.165, 1.54) is 6.33 Å². The van der Waals surface area contributed by atoms with Gasteiger partial charge in [0.05, 0.1) is 12.1 Å². The Morgan fingerprint density at radius 2 is 2.00 bits per heavy atom. The molecule has 0 saturated carbocycles. The normalized spacial score (nSPS) is 13.0. The topological polar surface area (TPSA) is 86.1 Å². The number of hydrogen-bond acceptors (Lipinski definition) is 5. The third-order valence-electron chi connectivity index (χ3n) is 4.18. The zero-order valence-corrected chi connectivity index (χ0v) is 13.9. The van der Waals surface area contributed by atoms with Crippen molar-refractivity contribution in [2.75, 3.05) is 5.32 Å². The number of hydrogen-bond donors (Lipinski definition) is 1. The van der Waals surface area contributed by atoms with Crippen LogP contribution in [-0.2, 0) is 17.8 Å². The third kappa shape index (κ3) is 3.46. The summed E-state index contributed by atoms with van der Waals surface area (Å²) in [5, 5.41) is 6.86. The minimum Gasteiger partial charge on any atom is -0.423 e. The Hall–Kier alpha value is -3.48. The number of aromatic nitrogens is 3. The molecule has 4 rings (SSSR count). The van der Waals surface area contributed by atoms with E-state index in [9.17, 15) is 9.59 Å². The summed E-state index contributed by atoms with van der Waals surface area (Å²) >= 11 is 0. The first kappa shape index (κ1) is 16.0. The van der Waals surface area contributed by atoms with Crippen LogP contribution in [0.1, 0.15) is 27.9 Å². The van der Waals surface area contributed by atoms with Gasteiger partial charge in [0.25, 0.3) is 0 Å². The average Bonchev–Trinajstić information content (AvgIpc) is 3.15. The van der Waals surface area contributed by atoms with E-state index in [0.717, 1.165) is 16.8 Å². The van der Waals surface area contributed by atoms with Crippen molar-refractivity contribution in [1.82, 2.24) is 14.8 Å². The molecule has 0 aliphatic carbocycles. The van der Waals surface area contributed by atoms with Crippen LogP contribution in [0.15, 0.2) is 55.1 Å². The highest BCUT2D eigenvalue weighted by Crippen LogP contribution is 2.27. The molecule has 130 valence electrons. The maximum Gasteiger partial charge on any atom is 0.343 e. The fraction of sp³-hybridized carbons (Fsp3) is 0.158. The first-order valence-corrected chi connectivity index (χ1v) is 8.24. The molecule has 7 heteroatoms. The van der Waals surface area contributed by atoms with Crippen LogP contribution in [0.25, 0.3) is 0 Å². The highest BCUT2D eigenvalue weighted by Gasteiger charge is 2.16. The summed E-state index contributed by atoms with van der Waals surface area (Å²) in [6.07, 6.45) is 4.21. The van der Waals surface area contributed by atoms with Gasteiger partial charge in [0.1, 0.15) is 18.4 Å². The van der Waals surface area contributed by atoms with Crippen molar-refractivity contribution >= 4 is 17.6 Å². The van der Waals surface area contributed by atoms with E-state index in [0.29, 0.717) is 30.7 Å². The van der Waals surface area contributed by atoms with Crippen molar-refractivity contribution in [3.05, 3.63) is 71.8 Å². The van der Waals surface area contributed by atoms with Gasteiger partial charge in [-0.3, -0.25) is 4.79 Å². The van der Waals surface area contributed by atoms with Crippen LogP contribution < -0.4 is 10.1 Å². The van der Waals surface area contributed by atoms with E-state index < -0.39 is 5.97 Å². The summed E-state index contributed by atoms with van der Waals surface area (Å²) < 4.78 is 7.17. The van der Waals surface area contributed by atoms with Crippen LogP contribution in [0.4, 0.5) is 5.69 Å².